The lowest BCUT2D eigenvalue weighted by molar-refractivity contribution is -0.137. The van der Waals surface area contributed by atoms with Crippen LogP contribution in [0.15, 0.2) is 34.9 Å². The molecule has 0 bridgehead atoms. The van der Waals surface area contributed by atoms with Crippen LogP contribution in [0.25, 0.3) is 10.9 Å². The normalized spacial score (nSPS) is 13.4. The maximum absolute atomic E-state index is 11.1. The number of nitrogens with two attached hydrogens (primary N) is 1. The predicted octanol–water partition coefficient (Wildman–Crippen LogP) is 3.29. The number of carbonyl (C=O) groups is 1. The van der Waals surface area contributed by atoms with Crippen LogP contribution in [0.4, 0.5) is 0 Å². The van der Waals surface area contributed by atoms with Gasteiger partial charge in [0.2, 0.25) is 0 Å². The van der Waals surface area contributed by atoms with Crippen molar-refractivity contribution in [3.63, 3.8) is 0 Å². The Morgan fingerprint density at radius 2 is 2.15 bits per heavy atom. The van der Waals surface area contributed by atoms with Crippen LogP contribution in [0.1, 0.15) is 31.7 Å². The Morgan fingerprint density at radius 3 is 2.75 bits per heavy atom. The number of benzene rings is 1. The number of pyridine rings is 1. The summed E-state index contributed by atoms with van der Waals surface area (Å²) in [5.74, 6) is -1.16. The van der Waals surface area contributed by atoms with Crippen molar-refractivity contribution >= 4 is 32.8 Å². The number of carboxylic acids is 1. The van der Waals surface area contributed by atoms with Gasteiger partial charge in [0.05, 0.1) is 11.9 Å². The van der Waals surface area contributed by atoms with Crippen LogP contribution < -0.4 is 5.73 Å². The molecule has 1 aromatic heterocycles. The SMILES string of the molecule is CC(C)(N)C(CC(=O)O)c1ccc(Br)c2cccnc12. The fourth-order valence-electron chi connectivity index (χ4n) is 2.39. The molecule has 1 atom stereocenters. The third kappa shape index (κ3) is 2.99. The zero-order valence-corrected chi connectivity index (χ0v) is 13.0. The lowest BCUT2D eigenvalue weighted by atomic mass is 9.79. The number of hydrogen-bond acceptors (Lipinski definition) is 3. The smallest absolute Gasteiger partial charge is 0.304 e. The van der Waals surface area contributed by atoms with E-state index in [1.807, 2.05) is 38.1 Å². The zero-order chi connectivity index (χ0) is 14.9. The summed E-state index contributed by atoms with van der Waals surface area (Å²) >= 11 is 3.49. The molecule has 0 fully saturated rings. The quantitative estimate of drug-likeness (QED) is 0.898. The average molecular weight is 337 g/mol. The van der Waals surface area contributed by atoms with E-state index in [1.165, 1.54) is 0 Å². The predicted molar refractivity (Wildman–Crippen MR) is 82.7 cm³/mol. The van der Waals surface area contributed by atoms with Crippen molar-refractivity contribution in [1.82, 2.24) is 4.98 Å². The second-order valence-corrected chi connectivity index (χ2v) is 6.36. The number of fused-ring (bicyclic) bond motifs is 1. The molecule has 5 heteroatoms. The highest BCUT2D eigenvalue weighted by molar-refractivity contribution is 9.10. The maximum Gasteiger partial charge on any atom is 0.304 e. The van der Waals surface area contributed by atoms with Gasteiger partial charge in [-0.1, -0.05) is 28.1 Å². The van der Waals surface area contributed by atoms with Gasteiger partial charge in [-0.25, -0.2) is 0 Å². The van der Waals surface area contributed by atoms with E-state index in [0.717, 1.165) is 20.9 Å². The molecule has 0 aliphatic rings. The molecule has 106 valence electrons. The molecule has 1 heterocycles. The van der Waals surface area contributed by atoms with E-state index in [9.17, 15) is 4.79 Å². The number of halogens is 1. The molecule has 0 aliphatic heterocycles. The van der Waals surface area contributed by atoms with Crippen LogP contribution in [-0.4, -0.2) is 21.6 Å². The van der Waals surface area contributed by atoms with Gasteiger partial charge in [0.25, 0.3) is 0 Å². The average Bonchev–Trinajstić information content (AvgIpc) is 2.36. The minimum Gasteiger partial charge on any atom is -0.481 e. The highest BCUT2D eigenvalue weighted by Gasteiger charge is 2.30. The summed E-state index contributed by atoms with van der Waals surface area (Å²) in [5, 5.41) is 10.1. The van der Waals surface area contributed by atoms with Crippen LogP contribution in [0.2, 0.25) is 0 Å². The van der Waals surface area contributed by atoms with E-state index in [2.05, 4.69) is 20.9 Å². The first-order valence-electron chi connectivity index (χ1n) is 6.34. The fraction of sp³-hybridized carbons (Fsp3) is 0.333. The number of carboxylic acid groups (broad SMARTS) is 1. The Kier molecular flexibility index (Phi) is 4.11. The minimum absolute atomic E-state index is 0.0171. The molecule has 0 amide bonds. The lowest BCUT2D eigenvalue weighted by Crippen LogP contribution is -2.40. The monoisotopic (exact) mass is 336 g/mol. The van der Waals surface area contributed by atoms with E-state index in [0.29, 0.717) is 0 Å². The second-order valence-electron chi connectivity index (χ2n) is 5.51. The van der Waals surface area contributed by atoms with Gasteiger partial charge in [-0.05, 0) is 31.5 Å². The van der Waals surface area contributed by atoms with Gasteiger partial charge in [0, 0.05) is 27.5 Å². The van der Waals surface area contributed by atoms with Crippen LogP contribution in [-0.2, 0) is 4.79 Å². The zero-order valence-electron chi connectivity index (χ0n) is 11.4. The summed E-state index contributed by atoms with van der Waals surface area (Å²) in [6, 6.07) is 7.63. The molecule has 0 spiro atoms. The standard InChI is InChI=1S/C15H17BrN2O2/c1-15(2,17)11(8-13(19)20)9-5-6-12(16)10-4-3-7-18-14(9)10/h3-7,11H,8,17H2,1-2H3,(H,19,20). The van der Waals surface area contributed by atoms with Crippen molar-refractivity contribution < 1.29 is 9.90 Å². The van der Waals surface area contributed by atoms with Crippen LogP contribution in [0.3, 0.4) is 0 Å². The molecule has 20 heavy (non-hydrogen) atoms. The minimum atomic E-state index is -0.861. The van der Waals surface area contributed by atoms with Crippen molar-refractivity contribution in [3.05, 3.63) is 40.5 Å². The second kappa shape index (κ2) is 5.50. The fourth-order valence-corrected chi connectivity index (χ4v) is 2.84. The van der Waals surface area contributed by atoms with Gasteiger partial charge in [-0.15, -0.1) is 0 Å². The van der Waals surface area contributed by atoms with Gasteiger partial charge in [-0.3, -0.25) is 9.78 Å². The lowest BCUT2D eigenvalue weighted by Gasteiger charge is -2.30. The largest absolute Gasteiger partial charge is 0.481 e. The number of aromatic nitrogens is 1. The molecular weight excluding hydrogens is 320 g/mol. The van der Waals surface area contributed by atoms with Crippen molar-refractivity contribution in [1.29, 1.82) is 0 Å². The Morgan fingerprint density at radius 1 is 1.45 bits per heavy atom. The molecule has 3 N–H and O–H groups in total. The van der Waals surface area contributed by atoms with Crippen LogP contribution in [0, 0.1) is 0 Å². The molecule has 2 aromatic rings. The molecule has 0 saturated carbocycles. The highest BCUT2D eigenvalue weighted by Crippen LogP contribution is 2.36. The summed E-state index contributed by atoms with van der Waals surface area (Å²) in [5.41, 5.74) is 7.22. The third-order valence-corrected chi connectivity index (χ3v) is 4.09. The van der Waals surface area contributed by atoms with E-state index in [-0.39, 0.29) is 12.3 Å². The Balaban J connectivity index is 2.65. The number of nitrogens with zero attached hydrogens (tertiary/aromatic N) is 1. The molecule has 2 rings (SSSR count). The molecule has 0 radical (unpaired) electrons. The Labute approximate surface area is 126 Å². The molecule has 4 nitrogen and oxygen atoms in total. The highest BCUT2D eigenvalue weighted by atomic mass is 79.9. The summed E-state index contributed by atoms with van der Waals surface area (Å²) < 4.78 is 0.938. The van der Waals surface area contributed by atoms with E-state index >= 15 is 0 Å². The maximum atomic E-state index is 11.1. The van der Waals surface area contributed by atoms with Gasteiger partial charge in [0.15, 0.2) is 0 Å². The van der Waals surface area contributed by atoms with Crippen molar-refractivity contribution in [2.45, 2.75) is 31.7 Å². The number of aliphatic carboxylic acids is 1. The number of rotatable bonds is 4. The molecule has 0 aliphatic carbocycles. The molecule has 1 unspecified atom stereocenters. The summed E-state index contributed by atoms with van der Waals surface area (Å²) in [6.45, 7) is 3.69. The van der Waals surface area contributed by atoms with Gasteiger partial charge in [-0.2, -0.15) is 0 Å². The van der Waals surface area contributed by atoms with Crippen molar-refractivity contribution in [2.24, 2.45) is 5.73 Å². The van der Waals surface area contributed by atoms with Crippen molar-refractivity contribution in [3.8, 4) is 0 Å². The molecule has 0 saturated heterocycles. The summed E-state index contributed by atoms with van der Waals surface area (Å²) in [7, 11) is 0. The summed E-state index contributed by atoms with van der Waals surface area (Å²) in [4.78, 5) is 15.6. The molecular formula is C15H17BrN2O2. The Hall–Kier alpha value is -1.46. The van der Waals surface area contributed by atoms with Crippen molar-refractivity contribution in [2.75, 3.05) is 0 Å². The van der Waals surface area contributed by atoms with E-state index in [4.69, 9.17) is 10.8 Å². The molecule has 1 aromatic carbocycles. The van der Waals surface area contributed by atoms with Gasteiger partial charge >= 0.3 is 5.97 Å². The summed E-state index contributed by atoms with van der Waals surface area (Å²) in [6.07, 6.45) is 1.69. The first kappa shape index (κ1) is 14.9. The van der Waals surface area contributed by atoms with Gasteiger partial charge in [0.1, 0.15) is 0 Å². The first-order valence-corrected chi connectivity index (χ1v) is 7.14. The van der Waals surface area contributed by atoms with Crippen LogP contribution >= 0.6 is 15.9 Å². The van der Waals surface area contributed by atoms with E-state index < -0.39 is 11.5 Å². The van der Waals surface area contributed by atoms with Gasteiger partial charge < -0.3 is 10.8 Å². The topological polar surface area (TPSA) is 76.2 Å². The first-order chi connectivity index (χ1) is 9.30. The number of hydrogen-bond donors (Lipinski definition) is 2. The Bertz CT molecular complexity index is 650. The van der Waals surface area contributed by atoms with Crippen LogP contribution in [0.5, 0.6) is 0 Å². The third-order valence-electron chi connectivity index (χ3n) is 3.40. The van der Waals surface area contributed by atoms with E-state index in [1.54, 1.807) is 6.20 Å².